The number of hydrogen-bond acceptors (Lipinski definition) is 3. The minimum atomic E-state index is 0.0795. The van der Waals surface area contributed by atoms with Crippen LogP contribution in [0.4, 0.5) is 0 Å². The van der Waals surface area contributed by atoms with Gasteiger partial charge < -0.3 is 0 Å². The summed E-state index contributed by atoms with van der Waals surface area (Å²) in [7, 11) is 0. The second kappa shape index (κ2) is 6.25. The fourth-order valence-corrected chi connectivity index (χ4v) is 4.25. The zero-order valence-corrected chi connectivity index (χ0v) is 12.3. The predicted molar refractivity (Wildman–Crippen MR) is 78.4 cm³/mol. The molecule has 100 valence electrons. The van der Waals surface area contributed by atoms with Gasteiger partial charge in [-0.1, -0.05) is 19.8 Å². The lowest BCUT2D eigenvalue weighted by Gasteiger charge is -2.26. The van der Waals surface area contributed by atoms with Crippen LogP contribution in [0.5, 0.6) is 0 Å². The molecule has 0 spiro atoms. The maximum absolute atomic E-state index is 11.7. The Morgan fingerprint density at radius 1 is 1.42 bits per heavy atom. The number of rotatable bonds is 3. The van der Waals surface area contributed by atoms with E-state index in [4.69, 9.17) is 5.26 Å². The maximum atomic E-state index is 11.7. The van der Waals surface area contributed by atoms with Crippen LogP contribution < -0.4 is 0 Å². The molecule has 3 heteroatoms. The third kappa shape index (κ3) is 3.61. The van der Waals surface area contributed by atoms with Gasteiger partial charge in [-0.3, -0.25) is 4.79 Å². The Kier molecular flexibility index (Phi) is 4.66. The summed E-state index contributed by atoms with van der Waals surface area (Å²) in [6.45, 7) is 3.89. The van der Waals surface area contributed by atoms with Gasteiger partial charge in [-0.05, 0) is 43.9 Å². The van der Waals surface area contributed by atoms with E-state index in [0.717, 1.165) is 16.4 Å². The van der Waals surface area contributed by atoms with Gasteiger partial charge in [0.15, 0.2) is 5.78 Å². The lowest BCUT2D eigenvalue weighted by atomic mass is 9.91. The highest BCUT2D eigenvalue weighted by Crippen LogP contribution is 2.37. The standard InChI is InChI=1S/C16H19NOS/c1-11-4-3-5-14(8-11)19-16-9-13(10-17)6-7-15(16)12(2)18/h6-7,9,11,14H,3-5,8H2,1-2H3. The summed E-state index contributed by atoms with van der Waals surface area (Å²) in [6, 6.07) is 7.53. The van der Waals surface area contributed by atoms with Crippen LogP contribution in [0.25, 0.3) is 0 Å². The largest absolute Gasteiger partial charge is 0.294 e. The number of nitriles is 1. The van der Waals surface area contributed by atoms with Crippen molar-refractivity contribution in [1.82, 2.24) is 0 Å². The molecule has 1 fully saturated rings. The second-order valence-corrected chi connectivity index (χ2v) is 6.73. The van der Waals surface area contributed by atoms with E-state index >= 15 is 0 Å². The van der Waals surface area contributed by atoms with Crippen LogP contribution in [0.2, 0.25) is 0 Å². The molecule has 1 aromatic rings. The normalized spacial score (nSPS) is 22.8. The summed E-state index contributed by atoms with van der Waals surface area (Å²) in [5, 5.41) is 9.57. The van der Waals surface area contributed by atoms with Gasteiger partial charge in [-0.15, -0.1) is 11.8 Å². The SMILES string of the molecule is CC(=O)c1ccc(C#N)cc1SC1CCCC(C)C1. The third-order valence-corrected chi connectivity index (χ3v) is 5.03. The summed E-state index contributed by atoms with van der Waals surface area (Å²) < 4.78 is 0. The third-order valence-electron chi connectivity index (χ3n) is 3.67. The first-order valence-corrected chi connectivity index (χ1v) is 7.70. The molecule has 1 saturated carbocycles. The fraction of sp³-hybridized carbons (Fsp3) is 0.500. The molecule has 0 N–H and O–H groups in total. The maximum Gasteiger partial charge on any atom is 0.160 e. The quantitative estimate of drug-likeness (QED) is 0.765. The molecule has 2 atom stereocenters. The molecule has 1 aliphatic carbocycles. The summed E-state index contributed by atoms with van der Waals surface area (Å²) in [4.78, 5) is 12.7. The highest BCUT2D eigenvalue weighted by Gasteiger charge is 2.21. The van der Waals surface area contributed by atoms with Crippen LogP contribution in [0.15, 0.2) is 23.1 Å². The fourth-order valence-electron chi connectivity index (χ4n) is 2.65. The van der Waals surface area contributed by atoms with E-state index in [1.54, 1.807) is 30.8 Å². The van der Waals surface area contributed by atoms with Gasteiger partial charge in [0, 0.05) is 15.7 Å². The van der Waals surface area contributed by atoms with E-state index in [0.29, 0.717) is 10.8 Å². The van der Waals surface area contributed by atoms with Crippen molar-refractivity contribution < 1.29 is 4.79 Å². The van der Waals surface area contributed by atoms with E-state index in [9.17, 15) is 4.79 Å². The minimum absolute atomic E-state index is 0.0795. The predicted octanol–water partition coefficient (Wildman–Crippen LogP) is 4.43. The minimum Gasteiger partial charge on any atom is -0.294 e. The van der Waals surface area contributed by atoms with Crippen LogP contribution in [0, 0.1) is 17.2 Å². The first kappa shape index (κ1) is 14.1. The molecule has 1 aliphatic rings. The number of Topliss-reactive ketones (excluding diaryl/α,β-unsaturated/α-hetero) is 1. The number of carbonyl (C=O) groups is 1. The Bertz CT molecular complexity index is 518. The number of ketones is 1. The molecule has 0 aromatic heterocycles. The molecule has 2 rings (SSSR count). The first-order valence-electron chi connectivity index (χ1n) is 6.82. The Hall–Kier alpha value is -1.27. The molecule has 0 saturated heterocycles. The van der Waals surface area contributed by atoms with Gasteiger partial charge in [0.05, 0.1) is 11.6 Å². The van der Waals surface area contributed by atoms with Gasteiger partial charge in [-0.25, -0.2) is 0 Å². The zero-order valence-electron chi connectivity index (χ0n) is 11.5. The van der Waals surface area contributed by atoms with Crippen molar-refractivity contribution in [2.75, 3.05) is 0 Å². The van der Waals surface area contributed by atoms with Gasteiger partial charge >= 0.3 is 0 Å². The number of thioether (sulfide) groups is 1. The highest BCUT2D eigenvalue weighted by atomic mass is 32.2. The van der Waals surface area contributed by atoms with Crippen molar-refractivity contribution in [2.45, 2.75) is 49.7 Å². The van der Waals surface area contributed by atoms with E-state index < -0.39 is 0 Å². The summed E-state index contributed by atoms with van der Waals surface area (Å²) in [6.07, 6.45) is 5.00. The van der Waals surface area contributed by atoms with Crippen LogP contribution in [-0.4, -0.2) is 11.0 Å². The molecule has 0 aliphatic heterocycles. The van der Waals surface area contributed by atoms with Crippen molar-refractivity contribution >= 4 is 17.5 Å². The molecule has 0 amide bonds. The first-order chi connectivity index (χ1) is 9.10. The topological polar surface area (TPSA) is 40.9 Å². The van der Waals surface area contributed by atoms with Crippen molar-refractivity contribution in [2.24, 2.45) is 5.92 Å². The van der Waals surface area contributed by atoms with E-state index in [-0.39, 0.29) is 5.78 Å². The molecule has 0 radical (unpaired) electrons. The van der Waals surface area contributed by atoms with Crippen LogP contribution in [0.3, 0.4) is 0 Å². The molecule has 2 unspecified atom stereocenters. The Balaban J connectivity index is 2.22. The molecular formula is C16H19NOS. The highest BCUT2D eigenvalue weighted by molar-refractivity contribution is 8.00. The number of hydrogen-bond donors (Lipinski definition) is 0. The molecule has 2 nitrogen and oxygen atoms in total. The van der Waals surface area contributed by atoms with Crippen molar-refractivity contribution in [1.29, 1.82) is 5.26 Å². The van der Waals surface area contributed by atoms with Gasteiger partial charge in [0.25, 0.3) is 0 Å². The lowest BCUT2D eigenvalue weighted by Crippen LogP contribution is -2.15. The molecule has 1 aromatic carbocycles. The smallest absolute Gasteiger partial charge is 0.160 e. The van der Waals surface area contributed by atoms with Crippen LogP contribution in [0.1, 0.15) is 55.5 Å². The molecule has 0 heterocycles. The molecule has 19 heavy (non-hydrogen) atoms. The Morgan fingerprint density at radius 2 is 2.21 bits per heavy atom. The Labute approximate surface area is 119 Å². The summed E-state index contributed by atoms with van der Waals surface area (Å²) in [5.74, 6) is 0.849. The summed E-state index contributed by atoms with van der Waals surface area (Å²) >= 11 is 1.78. The number of carbonyl (C=O) groups excluding carboxylic acids is 1. The molecule has 0 bridgehead atoms. The lowest BCUT2D eigenvalue weighted by molar-refractivity contribution is 0.101. The second-order valence-electron chi connectivity index (χ2n) is 5.39. The zero-order chi connectivity index (χ0) is 13.8. The van der Waals surface area contributed by atoms with Gasteiger partial charge in [0.2, 0.25) is 0 Å². The van der Waals surface area contributed by atoms with E-state index in [1.165, 1.54) is 25.7 Å². The number of benzene rings is 1. The van der Waals surface area contributed by atoms with Crippen molar-refractivity contribution in [3.8, 4) is 6.07 Å². The van der Waals surface area contributed by atoms with Crippen LogP contribution in [-0.2, 0) is 0 Å². The average Bonchev–Trinajstić information content (AvgIpc) is 2.38. The Morgan fingerprint density at radius 3 is 2.84 bits per heavy atom. The van der Waals surface area contributed by atoms with Gasteiger partial charge in [-0.2, -0.15) is 5.26 Å². The molecular weight excluding hydrogens is 254 g/mol. The monoisotopic (exact) mass is 273 g/mol. The van der Waals surface area contributed by atoms with E-state index in [2.05, 4.69) is 13.0 Å². The van der Waals surface area contributed by atoms with Crippen molar-refractivity contribution in [3.05, 3.63) is 29.3 Å². The van der Waals surface area contributed by atoms with E-state index in [1.807, 2.05) is 6.07 Å². The van der Waals surface area contributed by atoms with Crippen LogP contribution >= 0.6 is 11.8 Å². The summed E-state index contributed by atoms with van der Waals surface area (Å²) in [5.41, 5.74) is 1.39. The van der Waals surface area contributed by atoms with Crippen molar-refractivity contribution in [3.63, 3.8) is 0 Å². The van der Waals surface area contributed by atoms with Gasteiger partial charge in [0.1, 0.15) is 0 Å². The average molecular weight is 273 g/mol. The number of nitrogens with zero attached hydrogens (tertiary/aromatic N) is 1.